The van der Waals surface area contributed by atoms with Gasteiger partial charge in [-0.05, 0) is 43.3 Å². The zero-order chi connectivity index (χ0) is 24.6. The first kappa shape index (κ1) is 23.0. The van der Waals surface area contributed by atoms with Crippen molar-refractivity contribution in [1.82, 2.24) is 10.4 Å². The summed E-state index contributed by atoms with van der Waals surface area (Å²) >= 11 is 0. The molecule has 3 aromatic heterocycles. The largest absolute Gasteiger partial charge is 0.464 e. The lowest BCUT2D eigenvalue weighted by atomic mass is 10.2. The number of nitrogens with zero attached hydrogens (tertiary/aromatic N) is 2. The van der Waals surface area contributed by atoms with Gasteiger partial charge in [0, 0.05) is 11.6 Å². The second kappa shape index (κ2) is 10.7. The molecule has 0 aliphatic carbocycles. The highest BCUT2D eigenvalue weighted by Gasteiger charge is 2.18. The van der Waals surface area contributed by atoms with Gasteiger partial charge in [-0.2, -0.15) is 5.10 Å². The van der Waals surface area contributed by atoms with Crippen LogP contribution in [0.1, 0.15) is 44.3 Å². The maximum atomic E-state index is 12.4. The summed E-state index contributed by atoms with van der Waals surface area (Å²) in [6.45, 7) is 2.10. The van der Waals surface area contributed by atoms with E-state index in [1.165, 1.54) is 67.4 Å². The molecule has 1 aromatic carbocycles. The van der Waals surface area contributed by atoms with Crippen molar-refractivity contribution in [2.24, 2.45) is 5.10 Å². The van der Waals surface area contributed by atoms with E-state index in [9.17, 15) is 14.4 Å². The number of hydrazone groups is 1. The van der Waals surface area contributed by atoms with Gasteiger partial charge in [0.25, 0.3) is 5.89 Å². The molecule has 0 fully saturated rings. The molecule has 4 aromatic rings. The third-order valence-corrected chi connectivity index (χ3v) is 4.18. The van der Waals surface area contributed by atoms with Gasteiger partial charge in [0.15, 0.2) is 0 Å². The van der Waals surface area contributed by atoms with Gasteiger partial charge < -0.3 is 27.5 Å². The zero-order valence-electron chi connectivity index (χ0n) is 18.1. The molecule has 0 spiro atoms. The number of furan rings is 2. The van der Waals surface area contributed by atoms with E-state index in [0.29, 0.717) is 6.61 Å². The lowest BCUT2D eigenvalue weighted by Crippen LogP contribution is -2.18. The number of benzene rings is 1. The number of esters is 2. The second-order valence-electron chi connectivity index (χ2n) is 6.55. The number of nitrogens with one attached hydrogen (secondary N) is 1. The molecule has 1 amide bonds. The van der Waals surface area contributed by atoms with Gasteiger partial charge in [0.05, 0.1) is 25.3 Å². The topological polar surface area (TPSA) is 156 Å². The van der Waals surface area contributed by atoms with Gasteiger partial charge in [-0.25, -0.2) is 20.0 Å². The molecule has 0 saturated heterocycles. The number of carbonyl (C=O) groups is 3. The first-order valence-electron chi connectivity index (χ1n) is 10.1. The molecule has 4 rings (SSSR count). The van der Waals surface area contributed by atoms with Crippen LogP contribution in [0.4, 0.5) is 0 Å². The van der Waals surface area contributed by atoms with Crippen molar-refractivity contribution in [1.29, 1.82) is 0 Å². The minimum absolute atomic E-state index is 0.00786. The fraction of sp³-hybridized carbons (Fsp3) is 0.0870. The third kappa shape index (κ3) is 5.82. The van der Waals surface area contributed by atoms with Crippen molar-refractivity contribution >= 4 is 24.1 Å². The molecular formula is C23H17N3O9. The Morgan fingerprint density at radius 2 is 1.74 bits per heavy atom. The summed E-state index contributed by atoms with van der Waals surface area (Å²) in [6, 6.07) is 10.1. The van der Waals surface area contributed by atoms with Crippen LogP contribution in [-0.2, 0) is 0 Å². The van der Waals surface area contributed by atoms with Crippen LogP contribution >= 0.6 is 0 Å². The molecule has 0 unspecified atom stereocenters. The summed E-state index contributed by atoms with van der Waals surface area (Å²) in [4.78, 5) is 40.5. The fourth-order valence-corrected chi connectivity index (χ4v) is 2.65. The number of carbonyl (C=O) groups excluding carboxylic acids is 3. The van der Waals surface area contributed by atoms with E-state index in [4.69, 9.17) is 27.5 Å². The molecule has 12 nitrogen and oxygen atoms in total. The Kier molecular flexibility index (Phi) is 7.02. The van der Waals surface area contributed by atoms with E-state index in [-0.39, 0.29) is 40.4 Å². The predicted octanol–water partition coefficient (Wildman–Crippen LogP) is 3.46. The Morgan fingerprint density at radius 3 is 2.40 bits per heavy atom. The Morgan fingerprint density at radius 1 is 1.03 bits per heavy atom. The number of rotatable bonds is 9. The predicted molar refractivity (Wildman–Crippen MR) is 117 cm³/mol. The van der Waals surface area contributed by atoms with E-state index in [0.717, 1.165) is 0 Å². The first-order valence-corrected chi connectivity index (χ1v) is 10.1. The molecule has 0 bridgehead atoms. The molecule has 0 radical (unpaired) electrons. The van der Waals surface area contributed by atoms with E-state index in [1.807, 2.05) is 0 Å². The van der Waals surface area contributed by atoms with E-state index >= 15 is 0 Å². The molecular weight excluding hydrogens is 462 g/mol. The first-order chi connectivity index (χ1) is 17.0. The van der Waals surface area contributed by atoms with Crippen molar-refractivity contribution in [2.45, 2.75) is 6.92 Å². The normalized spacial score (nSPS) is 10.8. The van der Waals surface area contributed by atoms with Crippen molar-refractivity contribution in [3.63, 3.8) is 0 Å². The van der Waals surface area contributed by atoms with Gasteiger partial charge in [-0.15, -0.1) is 0 Å². The number of hydrogen-bond donors (Lipinski definition) is 1. The summed E-state index contributed by atoms with van der Waals surface area (Å²) in [5.74, 6) is -2.45. The number of oxazole rings is 1. The summed E-state index contributed by atoms with van der Waals surface area (Å²) in [5.41, 5.74) is 2.51. The number of ether oxygens (including phenoxy) is 3. The molecule has 12 heteroatoms. The summed E-state index contributed by atoms with van der Waals surface area (Å²) in [6.07, 6.45) is 5.12. The van der Waals surface area contributed by atoms with E-state index in [2.05, 4.69) is 15.5 Å². The van der Waals surface area contributed by atoms with Gasteiger partial charge in [-0.3, -0.25) is 4.79 Å². The third-order valence-electron chi connectivity index (χ3n) is 4.18. The zero-order valence-corrected chi connectivity index (χ0v) is 18.1. The Hall–Kier alpha value is -5.13. The highest BCUT2D eigenvalue weighted by molar-refractivity contribution is 5.93. The maximum absolute atomic E-state index is 12.4. The van der Waals surface area contributed by atoms with Crippen LogP contribution in [0.25, 0.3) is 0 Å². The summed E-state index contributed by atoms with van der Waals surface area (Å²) in [7, 11) is 0. The maximum Gasteiger partial charge on any atom is 0.379 e. The van der Waals surface area contributed by atoms with Crippen LogP contribution in [0.3, 0.4) is 0 Å². The smallest absolute Gasteiger partial charge is 0.379 e. The number of aromatic nitrogens is 1. The molecule has 1 N–H and O–H groups in total. The van der Waals surface area contributed by atoms with E-state index in [1.54, 1.807) is 6.92 Å². The monoisotopic (exact) mass is 479 g/mol. The van der Waals surface area contributed by atoms with Crippen molar-refractivity contribution in [3.05, 3.63) is 84.2 Å². The lowest BCUT2D eigenvalue weighted by molar-refractivity contribution is 0.0697. The molecule has 0 saturated carbocycles. The molecule has 178 valence electrons. The Labute approximate surface area is 197 Å². The molecule has 0 aliphatic heterocycles. The minimum Gasteiger partial charge on any atom is -0.464 e. The lowest BCUT2D eigenvalue weighted by Gasteiger charge is -2.09. The van der Waals surface area contributed by atoms with Gasteiger partial charge >= 0.3 is 23.8 Å². The Balaban J connectivity index is 1.51. The molecule has 0 aliphatic rings. The quantitative estimate of drug-likeness (QED) is 0.163. The van der Waals surface area contributed by atoms with Crippen LogP contribution < -0.4 is 19.6 Å². The summed E-state index contributed by atoms with van der Waals surface area (Å²) < 4.78 is 30.9. The average Bonchev–Trinajstić information content (AvgIpc) is 3.63. The van der Waals surface area contributed by atoms with Gasteiger partial charge in [-0.1, -0.05) is 0 Å². The molecule has 0 atom stereocenters. The standard InChI is InChI=1S/C23H17N3O9/c1-2-30-19-13-24-21(35-19)20(27)26-25-12-14-7-8-15(33-22(28)16-5-3-9-31-16)11-18(14)34-23(29)17-6-4-10-32-17/h3-13H,2H2,1H3,(H,26,27)/b25-12-. The Bertz CT molecular complexity index is 1340. The fourth-order valence-electron chi connectivity index (χ4n) is 2.65. The second-order valence-corrected chi connectivity index (χ2v) is 6.55. The van der Waals surface area contributed by atoms with Crippen molar-refractivity contribution in [3.8, 4) is 17.4 Å². The van der Waals surface area contributed by atoms with Crippen LogP contribution in [0, 0.1) is 0 Å². The molecule has 35 heavy (non-hydrogen) atoms. The van der Waals surface area contributed by atoms with Crippen molar-refractivity contribution in [2.75, 3.05) is 6.61 Å². The van der Waals surface area contributed by atoms with Gasteiger partial charge in [0.2, 0.25) is 11.5 Å². The minimum atomic E-state index is -0.800. The average molecular weight is 479 g/mol. The molecule has 3 heterocycles. The van der Waals surface area contributed by atoms with Crippen LogP contribution in [0.2, 0.25) is 0 Å². The van der Waals surface area contributed by atoms with Crippen LogP contribution in [-0.4, -0.2) is 35.7 Å². The number of hydrogen-bond acceptors (Lipinski definition) is 11. The highest BCUT2D eigenvalue weighted by Crippen LogP contribution is 2.26. The van der Waals surface area contributed by atoms with Crippen LogP contribution in [0.5, 0.6) is 17.4 Å². The number of amides is 1. The van der Waals surface area contributed by atoms with E-state index < -0.39 is 17.8 Å². The SMILES string of the molecule is CCOc1cnc(C(=O)N/N=C\c2ccc(OC(=O)c3ccco3)cc2OC(=O)c2ccco2)o1. The summed E-state index contributed by atoms with van der Waals surface area (Å²) in [5, 5.41) is 3.83. The van der Waals surface area contributed by atoms with Gasteiger partial charge in [0.1, 0.15) is 17.7 Å². The van der Waals surface area contributed by atoms with Crippen molar-refractivity contribution < 1.29 is 41.8 Å². The highest BCUT2D eigenvalue weighted by atomic mass is 16.6. The van der Waals surface area contributed by atoms with Crippen LogP contribution in [0.15, 0.2) is 79.5 Å².